The highest BCUT2D eigenvalue weighted by Crippen LogP contribution is 2.31. The van der Waals surface area contributed by atoms with E-state index in [-0.39, 0.29) is 5.56 Å². The molecule has 0 N–H and O–H groups in total. The second-order valence-corrected chi connectivity index (χ2v) is 12.4. The Morgan fingerprint density at radius 3 is 2.40 bits per heavy atom. The number of rotatable bonds is 14. The maximum absolute atomic E-state index is 13.6. The summed E-state index contributed by atoms with van der Waals surface area (Å²) >= 11 is 1.30. The molecule has 0 spiro atoms. The summed E-state index contributed by atoms with van der Waals surface area (Å²) < 4.78 is 21.0. The van der Waals surface area contributed by atoms with Gasteiger partial charge in [-0.25, -0.2) is 4.68 Å². The molecule has 3 aromatic carbocycles. The highest BCUT2D eigenvalue weighted by Gasteiger charge is 2.16. The van der Waals surface area contributed by atoms with Crippen LogP contribution in [0.2, 0.25) is 0 Å². The average Bonchev–Trinajstić information content (AvgIpc) is 3.79. The van der Waals surface area contributed by atoms with E-state index in [1.807, 2.05) is 89.8 Å². The molecule has 6 rings (SSSR count). The number of ether oxygens (including phenoxy) is 3. The molecule has 0 aliphatic carbocycles. The summed E-state index contributed by atoms with van der Waals surface area (Å²) in [6.07, 6.45) is 11.6. The van der Waals surface area contributed by atoms with Gasteiger partial charge in [-0.1, -0.05) is 68.4 Å². The first-order valence-electron chi connectivity index (χ1n) is 16.3. The van der Waals surface area contributed by atoms with Crippen LogP contribution >= 0.6 is 11.3 Å². The first-order chi connectivity index (χ1) is 23.5. The van der Waals surface area contributed by atoms with E-state index in [0.717, 1.165) is 65.1 Å². The second-order valence-electron chi connectivity index (χ2n) is 11.4. The third-order valence-corrected chi connectivity index (χ3v) is 8.79. The maximum Gasteiger partial charge on any atom is 0.291 e. The average molecular weight is 662 g/mol. The molecule has 9 nitrogen and oxygen atoms in total. The molecular weight excluding hydrogens is 623 g/mol. The summed E-state index contributed by atoms with van der Waals surface area (Å²) in [6.45, 7) is 7.66. The smallest absolute Gasteiger partial charge is 0.291 e. The van der Waals surface area contributed by atoms with Crippen molar-refractivity contribution in [1.82, 2.24) is 24.4 Å². The van der Waals surface area contributed by atoms with Crippen LogP contribution in [0.1, 0.15) is 62.0 Å². The molecule has 0 fully saturated rings. The molecule has 3 heterocycles. The van der Waals surface area contributed by atoms with Gasteiger partial charge in [0, 0.05) is 17.3 Å². The summed E-state index contributed by atoms with van der Waals surface area (Å²) in [4.78, 5) is 18.7. The number of methoxy groups -OCH3 is 1. The Balaban J connectivity index is 1.31. The Bertz CT molecular complexity index is 2150. The van der Waals surface area contributed by atoms with E-state index in [2.05, 4.69) is 30.9 Å². The molecule has 0 atom stereocenters. The van der Waals surface area contributed by atoms with E-state index < -0.39 is 0 Å². The van der Waals surface area contributed by atoms with Crippen LogP contribution in [0.4, 0.5) is 0 Å². The van der Waals surface area contributed by atoms with Gasteiger partial charge >= 0.3 is 0 Å². The van der Waals surface area contributed by atoms with Crippen molar-refractivity contribution >= 4 is 34.5 Å². The molecule has 0 bridgehead atoms. The van der Waals surface area contributed by atoms with Gasteiger partial charge in [0.25, 0.3) is 5.56 Å². The largest absolute Gasteiger partial charge is 0.494 e. The predicted octanol–water partition coefficient (Wildman–Crippen LogP) is 7.40. The zero-order valence-corrected chi connectivity index (χ0v) is 28.5. The molecule has 0 saturated carbocycles. The lowest BCUT2D eigenvalue weighted by Gasteiger charge is -2.10. The number of nitrogens with zero attached hydrogens (tertiary/aromatic N) is 5. The molecule has 246 valence electrons. The lowest BCUT2D eigenvalue weighted by Crippen LogP contribution is -2.23. The summed E-state index contributed by atoms with van der Waals surface area (Å²) in [5.74, 6) is 2.66. The fourth-order valence-corrected chi connectivity index (χ4v) is 6.11. The quantitative estimate of drug-likeness (QED) is 0.112. The normalized spacial score (nSPS) is 12.0. The Morgan fingerprint density at radius 1 is 0.875 bits per heavy atom. The molecule has 0 amide bonds. The van der Waals surface area contributed by atoms with Gasteiger partial charge in [-0.2, -0.15) is 14.6 Å². The minimum absolute atomic E-state index is 0.229. The molecule has 0 aliphatic rings. The topological polar surface area (TPSA) is 92.8 Å². The Morgan fingerprint density at radius 2 is 1.67 bits per heavy atom. The molecular formula is C38H39N5O4S. The minimum Gasteiger partial charge on any atom is -0.494 e. The minimum atomic E-state index is -0.229. The summed E-state index contributed by atoms with van der Waals surface area (Å²) in [6, 6.07) is 21.7. The van der Waals surface area contributed by atoms with Crippen molar-refractivity contribution < 1.29 is 14.2 Å². The van der Waals surface area contributed by atoms with Crippen LogP contribution in [0.5, 0.6) is 17.2 Å². The van der Waals surface area contributed by atoms with Crippen molar-refractivity contribution in [3.63, 3.8) is 0 Å². The number of hydrogen-bond acceptors (Lipinski definition) is 8. The van der Waals surface area contributed by atoms with Crippen molar-refractivity contribution in [2.75, 3.05) is 20.3 Å². The van der Waals surface area contributed by atoms with Crippen LogP contribution in [0.3, 0.4) is 0 Å². The molecule has 10 heteroatoms. The van der Waals surface area contributed by atoms with Crippen LogP contribution in [-0.2, 0) is 0 Å². The molecule has 0 aliphatic heterocycles. The lowest BCUT2D eigenvalue weighted by atomic mass is 10.0. The molecule has 0 unspecified atom stereocenters. The van der Waals surface area contributed by atoms with Crippen molar-refractivity contribution in [2.45, 2.75) is 46.5 Å². The third kappa shape index (κ3) is 7.34. The predicted molar refractivity (Wildman–Crippen MR) is 192 cm³/mol. The van der Waals surface area contributed by atoms with Crippen LogP contribution < -0.4 is 24.3 Å². The van der Waals surface area contributed by atoms with Crippen molar-refractivity contribution in [3.05, 3.63) is 110 Å². The third-order valence-electron chi connectivity index (χ3n) is 7.84. The van der Waals surface area contributed by atoms with Crippen LogP contribution in [-0.4, -0.2) is 44.7 Å². The monoisotopic (exact) mass is 661 g/mol. The number of aromatic nitrogens is 5. The lowest BCUT2D eigenvalue weighted by molar-refractivity contribution is 0.288. The molecule has 0 radical (unpaired) electrons. The standard InChI is InChI=1S/C38H39N5O4S/c1-5-7-20-46-30-16-17-31(26(3)22-30)36-28(25-42(41-36)29-12-10-9-11-13-29)24-34-37(44)43-38(48-34)39-35(40-43)19-15-27-14-18-32(33(23-27)45-4)47-21-8-6-2/h9-19,22-25H,5-8,20-21H2,1-4H3/b19-15+,34-24-. The SMILES string of the molecule is CCCCOc1ccc(-c2nn(-c3ccccc3)cc2/C=c2\sc3nc(/C=C/c4ccc(OCCCC)c(OC)c4)nn3c2=O)c(C)c1. The fraction of sp³-hybridized carbons (Fsp3) is 0.263. The van der Waals surface area contributed by atoms with Crippen molar-refractivity contribution in [2.24, 2.45) is 0 Å². The van der Waals surface area contributed by atoms with E-state index in [0.29, 0.717) is 40.0 Å². The molecule has 0 saturated heterocycles. The first kappa shape index (κ1) is 32.7. The number of thiazole rings is 1. The fourth-order valence-electron chi connectivity index (χ4n) is 5.21. The summed E-state index contributed by atoms with van der Waals surface area (Å²) in [5, 5.41) is 9.46. The van der Waals surface area contributed by atoms with Crippen molar-refractivity contribution in [1.29, 1.82) is 0 Å². The van der Waals surface area contributed by atoms with E-state index in [1.165, 1.54) is 15.9 Å². The maximum atomic E-state index is 13.6. The summed E-state index contributed by atoms with van der Waals surface area (Å²) in [5.41, 5.74) is 5.20. The number of aryl methyl sites for hydroxylation is 1. The van der Waals surface area contributed by atoms with Crippen LogP contribution in [0.25, 0.3) is 40.1 Å². The van der Waals surface area contributed by atoms with Gasteiger partial charge in [-0.15, -0.1) is 5.10 Å². The molecule has 48 heavy (non-hydrogen) atoms. The van der Waals surface area contributed by atoms with Gasteiger partial charge in [-0.3, -0.25) is 4.79 Å². The number of benzene rings is 3. The van der Waals surface area contributed by atoms with Crippen LogP contribution in [0.15, 0.2) is 77.7 Å². The van der Waals surface area contributed by atoms with E-state index in [4.69, 9.17) is 19.3 Å². The molecule has 3 aromatic heterocycles. The van der Waals surface area contributed by atoms with Gasteiger partial charge in [0.15, 0.2) is 17.3 Å². The van der Waals surface area contributed by atoms with Gasteiger partial charge in [0.05, 0.1) is 30.5 Å². The highest BCUT2D eigenvalue weighted by atomic mass is 32.1. The Labute approximate surface area is 283 Å². The number of hydrogen-bond donors (Lipinski definition) is 0. The van der Waals surface area contributed by atoms with Crippen LogP contribution in [0, 0.1) is 6.92 Å². The van der Waals surface area contributed by atoms with Gasteiger partial charge in [0.1, 0.15) is 11.4 Å². The van der Waals surface area contributed by atoms with Gasteiger partial charge < -0.3 is 14.2 Å². The summed E-state index contributed by atoms with van der Waals surface area (Å²) in [7, 11) is 1.63. The molecule has 6 aromatic rings. The van der Waals surface area contributed by atoms with E-state index >= 15 is 0 Å². The second kappa shape index (κ2) is 15.1. The highest BCUT2D eigenvalue weighted by molar-refractivity contribution is 7.15. The zero-order valence-electron chi connectivity index (χ0n) is 27.7. The number of unbranched alkanes of at least 4 members (excludes halogenated alkanes) is 2. The van der Waals surface area contributed by atoms with Gasteiger partial charge in [0.2, 0.25) is 4.96 Å². The van der Waals surface area contributed by atoms with E-state index in [1.54, 1.807) is 13.2 Å². The number of fused-ring (bicyclic) bond motifs is 1. The Hall–Kier alpha value is -5.22. The van der Waals surface area contributed by atoms with Crippen molar-refractivity contribution in [3.8, 4) is 34.2 Å². The number of para-hydroxylation sites is 1. The first-order valence-corrected chi connectivity index (χ1v) is 17.1. The van der Waals surface area contributed by atoms with Gasteiger partial charge in [-0.05, 0) is 85.5 Å². The van der Waals surface area contributed by atoms with E-state index in [9.17, 15) is 4.79 Å². The zero-order chi connectivity index (χ0) is 33.5. The Kier molecular flexibility index (Phi) is 10.3.